The summed E-state index contributed by atoms with van der Waals surface area (Å²) in [6, 6.07) is 0. The van der Waals surface area contributed by atoms with Crippen LogP contribution in [0, 0.1) is 5.21 Å². The Balaban J connectivity index is 1.91. The number of hydrogen-bond donors (Lipinski definition) is 6. The molecule has 2 saturated heterocycles. The maximum atomic E-state index is 10.7. The van der Waals surface area contributed by atoms with E-state index in [2.05, 4.69) is 5.11 Å². The predicted molar refractivity (Wildman–Crippen MR) is 78.3 cm³/mol. The Hall–Kier alpha value is -1.00. The van der Waals surface area contributed by atoms with E-state index in [0.717, 1.165) is 7.05 Å². The number of hydroxylamine groups is 1. The van der Waals surface area contributed by atoms with Gasteiger partial charge in [0.05, 0.1) is 13.2 Å². The van der Waals surface area contributed by atoms with Gasteiger partial charge in [0, 0.05) is 0 Å². The van der Waals surface area contributed by atoms with Crippen molar-refractivity contribution >= 4 is 0 Å². The molecule has 0 unspecified atom stereocenters. The Morgan fingerprint density at radius 2 is 1.62 bits per heavy atom. The first-order chi connectivity index (χ1) is 12.2. The highest BCUT2D eigenvalue weighted by atomic mass is 16.7. The van der Waals surface area contributed by atoms with Crippen molar-refractivity contribution in [2.24, 2.45) is 5.11 Å². The molecule has 0 bridgehead atoms. The molecule has 0 amide bonds. The molecule has 0 aromatic heterocycles. The standard InChI is InChI=1S/C13H24N2O11/c1-15(22)14-4-25-13-11(21)9(19)8(18)6(26-13)3-24-12-10(20)7(17)5(16)2-23-12/h5-13,16-21H,2-4H2,1H3/t5-,6-,7+,8-,9+,10-,11-,12+,13-/m1/s1. The van der Waals surface area contributed by atoms with Crippen molar-refractivity contribution in [1.29, 1.82) is 0 Å². The van der Waals surface area contributed by atoms with Gasteiger partial charge in [-0.15, -0.1) is 0 Å². The van der Waals surface area contributed by atoms with Crippen molar-refractivity contribution in [3.63, 3.8) is 0 Å². The number of ether oxygens (including phenoxy) is 4. The largest absolute Gasteiger partial charge is 0.600 e. The summed E-state index contributed by atoms with van der Waals surface area (Å²) in [6.07, 6.45) is -12.9. The second kappa shape index (κ2) is 9.27. The molecule has 26 heavy (non-hydrogen) atoms. The zero-order chi connectivity index (χ0) is 19.4. The van der Waals surface area contributed by atoms with Crippen LogP contribution >= 0.6 is 0 Å². The third kappa shape index (κ3) is 5.04. The summed E-state index contributed by atoms with van der Waals surface area (Å²) in [4.78, 5) is 0.239. The van der Waals surface area contributed by atoms with Crippen LogP contribution in [0.4, 0.5) is 0 Å². The lowest BCUT2D eigenvalue weighted by atomic mass is 9.99. The number of aliphatic hydroxyl groups is 6. The molecule has 13 nitrogen and oxygen atoms in total. The molecule has 2 aliphatic rings. The second-order valence-electron chi connectivity index (χ2n) is 6.00. The first kappa shape index (κ1) is 21.3. The van der Waals surface area contributed by atoms with Crippen LogP contribution in [0.3, 0.4) is 0 Å². The quantitative estimate of drug-likeness (QED) is 0.148. The molecule has 2 fully saturated rings. The fourth-order valence-electron chi connectivity index (χ4n) is 2.50. The van der Waals surface area contributed by atoms with Gasteiger partial charge < -0.3 is 54.8 Å². The van der Waals surface area contributed by atoms with Gasteiger partial charge in [0.15, 0.2) is 19.6 Å². The minimum atomic E-state index is -1.63. The van der Waals surface area contributed by atoms with E-state index in [1.54, 1.807) is 0 Å². The number of rotatable bonds is 6. The highest BCUT2D eigenvalue weighted by Gasteiger charge is 2.45. The molecule has 2 heterocycles. The van der Waals surface area contributed by atoms with Crippen LogP contribution < -0.4 is 0 Å². The lowest BCUT2D eigenvalue weighted by molar-refractivity contribution is -0.505. The molecule has 0 aliphatic carbocycles. The minimum Gasteiger partial charge on any atom is -0.600 e. The molecule has 0 saturated carbocycles. The molecular formula is C13H24N2O11. The van der Waals surface area contributed by atoms with Crippen molar-refractivity contribution in [3.8, 4) is 0 Å². The van der Waals surface area contributed by atoms with E-state index in [4.69, 9.17) is 18.9 Å². The topological polar surface area (TPSA) is 197 Å². The summed E-state index contributed by atoms with van der Waals surface area (Å²) in [7, 11) is 1.12. The lowest BCUT2D eigenvalue weighted by Gasteiger charge is -2.41. The van der Waals surface area contributed by atoms with E-state index in [9.17, 15) is 35.8 Å². The summed E-state index contributed by atoms with van der Waals surface area (Å²) >= 11 is 0. The van der Waals surface area contributed by atoms with Gasteiger partial charge in [-0.25, -0.2) is 0 Å². The van der Waals surface area contributed by atoms with Gasteiger partial charge in [-0.05, 0) is 5.11 Å². The molecule has 2 rings (SSSR count). The van der Waals surface area contributed by atoms with Crippen LogP contribution in [-0.2, 0) is 18.9 Å². The maximum absolute atomic E-state index is 10.7. The fourth-order valence-corrected chi connectivity index (χ4v) is 2.50. The van der Waals surface area contributed by atoms with Gasteiger partial charge >= 0.3 is 0 Å². The molecule has 152 valence electrons. The Bertz CT molecular complexity index is 477. The Labute approximate surface area is 148 Å². The van der Waals surface area contributed by atoms with Gasteiger partial charge in [-0.1, -0.05) is 4.86 Å². The molecule has 13 heteroatoms. The predicted octanol–water partition coefficient (Wildman–Crippen LogP) is -4.18. The van der Waals surface area contributed by atoms with Crippen LogP contribution in [-0.4, -0.2) is 118 Å². The van der Waals surface area contributed by atoms with Crippen LogP contribution in [0.2, 0.25) is 0 Å². The maximum Gasteiger partial charge on any atom is 0.203 e. The lowest BCUT2D eigenvalue weighted by Crippen LogP contribution is -2.60. The average molecular weight is 384 g/mol. The third-order valence-electron chi connectivity index (χ3n) is 4.04. The average Bonchev–Trinajstić information content (AvgIpc) is 2.60. The van der Waals surface area contributed by atoms with E-state index in [0.29, 0.717) is 0 Å². The molecule has 0 spiro atoms. The van der Waals surface area contributed by atoms with Crippen LogP contribution in [0.15, 0.2) is 5.11 Å². The van der Waals surface area contributed by atoms with Crippen molar-refractivity contribution in [2.75, 3.05) is 27.0 Å². The Morgan fingerprint density at radius 1 is 0.962 bits per heavy atom. The Morgan fingerprint density at radius 3 is 2.27 bits per heavy atom. The monoisotopic (exact) mass is 384 g/mol. The van der Waals surface area contributed by atoms with Crippen molar-refractivity contribution in [2.45, 2.75) is 55.3 Å². The summed E-state index contributed by atoms with van der Waals surface area (Å²) in [5.74, 6) is 0. The number of nitrogens with zero attached hydrogens (tertiary/aromatic N) is 2. The zero-order valence-electron chi connectivity index (χ0n) is 13.9. The van der Waals surface area contributed by atoms with E-state index in [1.807, 2.05) is 0 Å². The number of hydrogen-bond acceptors (Lipinski definition) is 12. The van der Waals surface area contributed by atoms with Crippen molar-refractivity contribution < 1.29 is 54.4 Å². The molecule has 6 N–H and O–H groups in total. The van der Waals surface area contributed by atoms with Crippen LogP contribution in [0.25, 0.3) is 0 Å². The van der Waals surface area contributed by atoms with E-state index in [-0.39, 0.29) is 11.5 Å². The summed E-state index contributed by atoms with van der Waals surface area (Å²) < 4.78 is 20.6. The summed E-state index contributed by atoms with van der Waals surface area (Å²) in [6.45, 7) is -1.12. The molecule has 9 atom stereocenters. The molecule has 0 radical (unpaired) electrons. The zero-order valence-corrected chi connectivity index (χ0v) is 13.9. The first-order valence-electron chi connectivity index (χ1n) is 7.89. The molecular weight excluding hydrogens is 360 g/mol. The normalized spacial score (nSPS) is 44.9. The third-order valence-corrected chi connectivity index (χ3v) is 4.04. The van der Waals surface area contributed by atoms with Gasteiger partial charge in [-0.3, -0.25) is 0 Å². The van der Waals surface area contributed by atoms with E-state index in [1.165, 1.54) is 0 Å². The molecule has 0 aromatic carbocycles. The molecule has 0 aromatic rings. The summed E-state index contributed by atoms with van der Waals surface area (Å²) in [5, 5.41) is 72.5. The van der Waals surface area contributed by atoms with Gasteiger partial charge in [0.25, 0.3) is 0 Å². The first-order valence-corrected chi connectivity index (χ1v) is 7.89. The summed E-state index contributed by atoms with van der Waals surface area (Å²) in [5.41, 5.74) is 0. The highest BCUT2D eigenvalue weighted by Crippen LogP contribution is 2.24. The van der Waals surface area contributed by atoms with Crippen LogP contribution in [0.5, 0.6) is 0 Å². The van der Waals surface area contributed by atoms with Gasteiger partial charge in [0.2, 0.25) is 6.73 Å². The van der Waals surface area contributed by atoms with Gasteiger partial charge in [-0.2, -0.15) is 0 Å². The highest BCUT2D eigenvalue weighted by molar-refractivity contribution is 4.90. The number of azo groups is 1. The van der Waals surface area contributed by atoms with Crippen LogP contribution in [0.1, 0.15) is 0 Å². The van der Waals surface area contributed by atoms with Crippen molar-refractivity contribution in [1.82, 2.24) is 0 Å². The SMILES string of the molecule is C[N+]([O-])=NCO[C@@H]1O[C@H](CO[C@@H]2OC[C@@H](O)[C@H](O)[C@H]2O)[C@@H](O)[C@H](O)[C@H]1O. The van der Waals surface area contributed by atoms with Crippen molar-refractivity contribution in [3.05, 3.63) is 5.21 Å². The van der Waals surface area contributed by atoms with E-state index >= 15 is 0 Å². The smallest absolute Gasteiger partial charge is 0.203 e. The second-order valence-corrected chi connectivity index (χ2v) is 6.00. The Kier molecular flexibility index (Phi) is 7.60. The molecule has 2 aliphatic heterocycles. The minimum absolute atomic E-state index is 0.239. The van der Waals surface area contributed by atoms with E-state index < -0.39 is 68.6 Å². The number of aliphatic hydroxyl groups excluding tert-OH is 6. The fraction of sp³-hybridized carbons (Fsp3) is 1.00. The van der Waals surface area contributed by atoms with Gasteiger partial charge in [0.1, 0.15) is 42.7 Å².